The zero-order valence-corrected chi connectivity index (χ0v) is 14.4. The highest BCUT2D eigenvalue weighted by molar-refractivity contribution is 7.13. The van der Waals surface area contributed by atoms with Crippen LogP contribution in [0.2, 0.25) is 0 Å². The number of benzene rings is 1. The van der Waals surface area contributed by atoms with Gasteiger partial charge in [0.2, 0.25) is 0 Å². The lowest BCUT2D eigenvalue weighted by atomic mass is 10.1. The van der Waals surface area contributed by atoms with E-state index in [2.05, 4.69) is 36.2 Å². The van der Waals surface area contributed by atoms with Crippen molar-refractivity contribution in [2.75, 3.05) is 13.1 Å². The van der Waals surface area contributed by atoms with Gasteiger partial charge in [-0.1, -0.05) is 29.8 Å². The van der Waals surface area contributed by atoms with E-state index in [0.717, 1.165) is 47.8 Å². The van der Waals surface area contributed by atoms with Gasteiger partial charge in [0.25, 0.3) is 5.91 Å². The first kappa shape index (κ1) is 15.1. The van der Waals surface area contributed by atoms with Crippen molar-refractivity contribution in [1.82, 2.24) is 14.9 Å². The molecule has 0 spiro atoms. The number of carbonyl (C=O) groups excluding carboxylic acids is 1. The predicted octanol–water partition coefficient (Wildman–Crippen LogP) is 4.35. The lowest BCUT2D eigenvalue weighted by Gasteiger charge is -2.13. The molecule has 0 radical (unpaired) electrons. The fourth-order valence-electron chi connectivity index (χ4n) is 2.99. The summed E-state index contributed by atoms with van der Waals surface area (Å²) in [6, 6.07) is 10.3. The number of aryl methyl sites for hydroxylation is 1. The van der Waals surface area contributed by atoms with Crippen LogP contribution in [0.3, 0.4) is 0 Å². The molecule has 122 valence electrons. The molecule has 0 unspecified atom stereocenters. The van der Waals surface area contributed by atoms with Crippen LogP contribution in [0.15, 0.2) is 41.9 Å². The molecule has 5 heteroatoms. The van der Waals surface area contributed by atoms with Crippen LogP contribution in [0, 0.1) is 6.92 Å². The average Bonchev–Trinajstić information content (AvgIpc) is 3.34. The fourth-order valence-corrected chi connectivity index (χ4v) is 3.83. The normalized spacial score (nSPS) is 14.3. The quantitative estimate of drug-likeness (QED) is 0.772. The standard InChI is InChI=1S/C19H19N3OS/c1-13-4-6-14(7-5-13)18-21-17(12-24-18)15-10-16(20-11-15)19(23)22-8-2-3-9-22/h4-7,10-12,20H,2-3,8-9H2,1H3. The molecule has 3 heterocycles. The molecule has 24 heavy (non-hydrogen) atoms. The highest BCUT2D eigenvalue weighted by atomic mass is 32.1. The molecule has 4 rings (SSSR count). The van der Waals surface area contributed by atoms with Crippen molar-refractivity contribution in [2.24, 2.45) is 0 Å². The number of rotatable bonds is 3. The topological polar surface area (TPSA) is 49.0 Å². The molecular weight excluding hydrogens is 318 g/mol. The van der Waals surface area contributed by atoms with E-state index in [9.17, 15) is 4.79 Å². The number of H-pyrrole nitrogens is 1. The first-order valence-electron chi connectivity index (χ1n) is 8.21. The van der Waals surface area contributed by atoms with Gasteiger partial charge in [0.1, 0.15) is 10.7 Å². The van der Waals surface area contributed by atoms with Crippen molar-refractivity contribution in [3.05, 3.63) is 53.2 Å². The van der Waals surface area contributed by atoms with Crippen molar-refractivity contribution in [1.29, 1.82) is 0 Å². The smallest absolute Gasteiger partial charge is 0.270 e. The van der Waals surface area contributed by atoms with E-state index in [4.69, 9.17) is 4.98 Å². The van der Waals surface area contributed by atoms with Crippen LogP contribution in [0.4, 0.5) is 0 Å². The van der Waals surface area contributed by atoms with E-state index in [1.165, 1.54) is 5.56 Å². The first-order chi connectivity index (χ1) is 11.7. The maximum absolute atomic E-state index is 12.4. The van der Waals surface area contributed by atoms with Gasteiger partial charge in [-0.15, -0.1) is 11.3 Å². The largest absolute Gasteiger partial charge is 0.357 e. The van der Waals surface area contributed by atoms with E-state index in [1.54, 1.807) is 11.3 Å². The Bertz CT molecular complexity index is 857. The van der Waals surface area contributed by atoms with Crippen molar-refractivity contribution < 1.29 is 4.79 Å². The van der Waals surface area contributed by atoms with E-state index in [-0.39, 0.29) is 5.91 Å². The average molecular weight is 337 g/mol. The third-order valence-electron chi connectivity index (χ3n) is 4.41. The second-order valence-electron chi connectivity index (χ2n) is 6.21. The minimum absolute atomic E-state index is 0.0905. The van der Waals surface area contributed by atoms with Crippen LogP contribution in [-0.2, 0) is 0 Å². The second-order valence-corrected chi connectivity index (χ2v) is 7.06. The molecule has 1 amide bonds. The lowest BCUT2D eigenvalue weighted by molar-refractivity contribution is 0.0788. The Labute approximate surface area is 145 Å². The SMILES string of the molecule is Cc1ccc(-c2nc(-c3c[nH]c(C(=O)N4CCCC4)c3)cs2)cc1. The van der Waals surface area contributed by atoms with Gasteiger partial charge in [-0.25, -0.2) is 4.98 Å². The summed E-state index contributed by atoms with van der Waals surface area (Å²) in [6.07, 6.45) is 4.08. The molecule has 2 aromatic heterocycles. The summed E-state index contributed by atoms with van der Waals surface area (Å²) in [5, 5.41) is 3.04. The summed E-state index contributed by atoms with van der Waals surface area (Å²) in [5.74, 6) is 0.0905. The van der Waals surface area contributed by atoms with Crippen LogP contribution in [0.5, 0.6) is 0 Å². The minimum Gasteiger partial charge on any atom is -0.357 e. The summed E-state index contributed by atoms with van der Waals surface area (Å²) in [4.78, 5) is 22.2. The number of likely N-dealkylation sites (tertiary alicyclic amines) is 1. The maximum atomic E-state index is 12.4. The van der Waals surface area contributed by atoms with Crippen molar-refractivity contribution in [3.8, 4) is 21.8 Å². The summed E-state index contributed by atoms with van der Waals surface area (Å²) < 4.78 is 0. The van der Waals surface area contributed by atoms with E-state index >= 15 is 0 Å². The van der Waals surface area contributed by atoms with Gasteiger partial charge >= 0.3 is 0 Å². The number of aromatic amines is 1. The maximum Gasteiger partial charge on any atom is 0.270 e. The number of hydrogen-bond donors (Lipinski definition) is 1. The third-order valence-corrected chi connectivity index (χ3v) is 5.30. The number of thiazole rings is 1. The molecule has 4 nitrogen and oxygen atoms in total. The van der Waals surface area contributed by atoms with Crippen LogP contribution >= 0.6 is 11.3 Å². The molecule has 1 N–H and O–H groups in total. The predicted molar refractivity (Wildman–Crippen MR) is 97.2 cm³/mol. The molecular formula is C19H19N3OS. The summed E-state index contributed by atoms with van der Waals surface area (Å²) in [5.41, 5.74) is 4.89. The molecule has 0 saturated carbocycles. The van der Waals surface area contributed by atoms with Gasteiger partial charge in [-0.3, -0.25) is 4.79 Å². The van der Waals surface area contributed by atoms with Gasteiger partial charge in [0.05, 0.1) is 5.69 Å². The highest BCUT2D eigenvalue weighted by Gasteiger charge is 2.21. The molecule has 1 fully saturated rings. The minimum atomic E-state index is 0.0905. The number of aromatic nitrogens is 2. The zero-order chi connectivity index (χ0) is 16.5. The Hall–Kier alpha value is -2.40. The number of nitrogens with zero attached hydrogens (tertiary/aromatic N) is 2. The number of hydrogen-bond acceptors (Lipinski definition) is 3. The molecule has 1 aromatic carbocycles. The number of nitrogens with one attached hydrogen (secondary N) is 1. The van der Waals surface area contributed by atoms with Crippen LogP contribution < -0.4 is 0 Å². The molecule has 1 aliphatic heterocycles. The summed E-state index contributed by atoms with van der Waals surface area (Å²) in [6.45, 7) is 3.80. The fraction of sp³-hybridized carbons (Fsp3) is 0.263. The van der Waals surface area contributed by atoms with Gasteiger partial charge < -0.3 is 9.88 Å². The Kier molecular flexibility index (Phi) is 3.94. The molecule has 3 aromatic rings. The Balaban J connectivity index is 1.56. The number of amides is 1. The Morgan fingerprint density at radius 1 is 1.17 bits per heavy atom. The summed E-state index contributed by atoms with van der Waals surface area (Å²) in [7, 11) is 0. The molecule has 1 saturated heterocycles. The third kappa shape index (κ3) is 2.87. The Morgan fingerprint density at radius 3 is 2.67 bits per heavy atom. The number of carbonyl (C=O) groups is 1. The molecule has 0 atom stereocenters. The van der Waals surface area contributed by atoms with Crippen molar-refractivity contribution in [3.63, 3.8) is 0 Å². The van der Waals surface area contributed by atoms with E-state index in [0.29, 0.717) is 5.69 Å². The van der Waals surface area contributed by atoms with Gasteiger partial charge in [0, 0.05) is 35.8 Å². The molecule has 0 bridgehead atoms. The van der Waals surface area contributed by atoms with Gasteiger partial charge in [-0.05, 0) is 25.8 Å². The second kappa shape index (κ2) is 6.24. The van der Waals surface area contributed by atoms with Gasteiger partial charge in [0.15, 0.2) is 0 Å². The van der Waals surface area contributed by atoms with Crippen LogP contribution in [-0.4, -0.2) is 33.9 Å². The zero-order valence-electron chi connectivity index (χ0n) is 13.6. The first-order valence-corrected chi connectivity index (χ1v) is 9.09. The Morgan fingerprint density at radius 2 is 1.92 bits per heavy atom. The van der Waals surface area contributed by atoms with Crippen molar-refractivity contribution in [2.45, 2.75) is 19.8 Å². The lowest BCUT2D eigenvalue weighted by Crippen LogP contribution is -2.27. The van der Waals surface area contributed by atoms with E-state index in [1.807, 2.05) is 22.5 Å². The van der Waals surface area contributed by atoms with Crippen LogP contribution in [0.1, 0.15) is 28.9 Å². The monoisotopic (exact) mass is 337 g/mol. The van der Waals surface area contributed by atoms with Gasteiger partial charge in [-0.2, -0.15) is 0 Å². The molecule has 0 aliphatic carbocycles. The van der Waals surface area contributed by atoms with Crippen LogP contribution in [0.25, 0.3) is 21.8 Å². The van der Waals surface area contributed by atoms with E-state index < -0.39 is 0 Å². The highest BCUT2D eigenvalue weighted by Crippen LogP contribution is 2.29. The molecule has 1 aliphatic rings. The van der Waals surface area contributed by atoms with Crippen molar-refractivity contribution >= 4 is 17.2 Å². The summed E-state index contributed by atoms with van der Waals surface area (Å²) >= 11 is 1.63.